The summed E-state index contributed by atoms with van der Waals surface area (Å²) in [4.78, 5) is 1.18. The van der Waals surface area contributed by atoms with Gasteiger partial charge in [-0.2, -0.15) is 13.2 Å². The first-order valence-electron chi connectivity index (χ1n) is 5.99. The van der Waals surface area contributed by atoms with Crippen LogP contribution in [0.2, 0.25) is 0 Å². The number of aliphatic hydroxyl groups excluding tert-OH is 1. The molecule has 6 heteroatoms. The third kappa shape index (κ3) is 3.59. The quantitative estimate of drug-likeness (QED) is 0.851. The second kappa shape index (κ2) is 4.65. The van der Waals surface area contributed by atoms with Gasteiger partial charge in [-0.3, -0.25) is 4.90 Å². The molecule has 0 aromatic rings. The maximum Gasteiger partial charge on any atom is 0.401 e. The summed E-state index contributed by atoms with van der Waals surface area (Å²) in [6, 6.07) is 0. The highest BCUT2D eigenvalue weighted by atomic mass is 19.4. The molecule has 0 radical (unpaired) electrons. The summed E-state index contributed by atoms with van der Waals surface area (Å²) < 4.78 is 42.6. The molecule has 0 aromatic carbocycles. The van der Waals surface area contributed by atoms with Gasteiger partial charge < -0.3 is 9.84 Å². The summed E-state index contributed by atoms with van der Waals surface area (Å²) >= 11 is 0. The molecule has 0 aromatic heterocycles. The number of ether oxygens (including phenoxy) is 1. The molecule has 1 aliphatic rings. The van der Waals surface area contributed by atoms with Crippen molar-refractivity contribution in [2.45, 2.75) is 51.2 Å². The van der Waals surface area contributed by atoms with Gasteiger partial charge in [-0.1, -0.05) is 0 Å². The molecule has 0 saturated carbocycles. The maximum absolute atomic E-state index is 12.3. The van der Waals surface area contributed by atoms with Crippen molar-refractivity contribution in [2.24, 2.45) is 5.92 Å². The number of nitrogens with zero attached hydrogens (tertiary/aromatic N) is 1. The summed E-state index contributed by atoms with van der Waals surface area (Å²) in [7, 11) is 1.40. The lowest BCUT2D eigenvalue weighted by molar-refractivity contribution is -0.146. The van der Waals surface area contributed by atoms with Crippen molar-refractivity contribution in [3.63, 3.8) is 0 Å². The minimum absolute atomic E-state index is 0.150. The van der Waals surface area contributed by atoms with Crippen molar-refractivity contribution in [3.05, 3.63) is 0 Å². The predicted octanol–water partition coefficient (Wildman–Crippen LogP) is 2.04. The van der Waals surface area contributed by atoms with Gasteiger partial charge in [0, 0.05) is 12.5 Å². The normalized spacial score (nSPS) is 31.0. The molecule has 108 valence electrons. The Balaban J connectivity index is 2.72. The Kier molecular flexibility index (Phi) is 4.06. The van der Waals surface area contributed by atoms with Crippen LogP contribution in [0.1, 0.15) is 27.7 Å². The third-order valence-corrected chi connectivity index (χ3v) is 3.47. The zero-order valence-electron chi connectivity index (χ0n) is 11.5. The lowest BCUT2D eigenvalue weighted by atomic mass is 9.84. The van der Waals surface area contributed by atoms with E-state index in [1.54, 1.807) is 27.7 Å². The second-order valence-electron chi connectivity index (χ2n) is 6.17. The number of hydrogen-bond donors (Lipinski definition) is 1. The van der Waals surface area contributed by atoms with Gasteiger partial charge in [0.1, 0.15) is 0 Å². The van der Waals surface area contributed by atoms with Crippen LogP contribution < -0.4 is 0 Å². The fourth-order valence-electron chi connectivity index (χ4n) is 2.70. The fourth-order valence-corrected chi connectivity index (χ4v) is 2.70. The Labute approximate surface area is 106 Å². The topological polar surface area (TPSA) is 32.7 Å². The van der Waals surface area contributed by atoms with E-state index >= 15 is 0 Å². The van der Waals surface area contributed by atoms with Crippen molar-refractivity contribution in [1.29, 1.82) is 0 Å². The average molecular weight is 269 g/mol. The molecular formula is C12H22F3NO2. The van der Waals surface area contributed by atoms with Crippen LogP contribution >= 0.6 is 0 Å². The average Bonchev–Trinajstić information content (AvgIpc) is 2.20. The SMILES string of the molecule is CN(CC1C(O)C(C)(C)OC1(C)C)CC(F)(F)F. The first-order chi connectivity index (χ1) is 7.85. The molecule has 18 heavy (non-hydrogen) atoms. The van der Waals surface area contributed by atoms with E-state index in [1.165, 1.54) is 11.9 Å². The standard InChI is InChI=1S/C12H22F3NO2/c1-10(2)8(9(17)11(3,4)18-10)6-16(5)7-12(13,14)15/h8-9,17H,6-7H2,1-5H3. The highest BCUT2D eigenvalue weighted by Gasteiger charge is 2.53. The minimum atomic E-state index is -4.22. The zero-order valence-corrected chi connectivity index (χ0v) is 11.5. The summed E-state index contributed by atoms with van der Waals surface area (Å²) in [6.45, 7) is 6.28. The third-order valence-electron chi connectivity index (χ3n) is 3.47. The largest absolute Gasteiger partial charge is 0.401 e. The van der Waals surface area contributed by atoms with Crippen LogP contribution in [0.4, 0.5) is 13.2 Å². The number of halogens is 3. The Morgan fingerprint density at radius 1 is 1.17 bits per heavy atom. The maximum atomic E-state index is 12.3. The molecule has 1 aliphatic heterocycles. The Morgan fingerprint density at radius 2 is 1.67 bits per heavy atom. The van der Waals surface area contributed by atoms with Crippen molar-refractivity contribution >= 4 is 0 Å². The van der Waals surface area contributed by atoms with Crippen molar-refractivity contribution in [2.75, 3.05) is 20.1 Å². The van der Waals surface area contributed by atoms with E-state index in [9.17, 15) is 18.3 Å². The highest BCUT2D eigenvalue weighted by molar-refractivity contribution is 5.02. The van der Waals surface area contributed by atoms with Crippen LogP contribution in [0.25, 0.3) is 0 Å². The lowest BCUT2D eigenvalue weighted by Crippen LogP contribution is -2.44. The van der Waals surface area contributed by atoms with Crippen LogP contribution in [0.3, 0.4) is 0 Å². The van der Waals surface area contributed by atoms with Crippen molar-refractivity contribution in [1.82, 2.24) is 4.90 Å². The van der Waals surface area contributed by atoms with E-state index < -0.39 is 30.0 Å². The van der Waals surface area contributed by atoms with E-state index in [-0.39, 0.29) is 12.5 Å². The molecule has 1 saturated heterocycles. The van der Waals surface area contributed by atoms with Gasteiger partial charge in [0.15, 0.2) is 0 Å². The molecule has 1 N–H and O–H groups in total. The number of rotatable bonds is 3. The number of aliphatic hydroxyl groups is 1. The van der Waals surface area contributed by atoms with Crippen LogP contribution in [0.5, 0.6) is 0 Å². The van der Waals surface area contributed by atoms with E-state index in [0.717, 1.165) is 0 Å². The minimum Gasteiger partial charge on any atom is -0.390 e. The van der Waals surface area contributed by atoms with E-state index in [4.69, 9.17) is 4.74 Å². The second-order valence-corrected chi connectivity index (χ2v) is 6.17. The summed E-state index contributed by atoms with van der Waals surface area (Å²) in [5.74, 6) is -0.347. The molecule has 2 unspecified atom stereocenters. The molecule has 1 rings (SSSR count). The van der Waals surface area contributed by atoms with Crippen molar-refractivity contribution < 1.29 is 23.0 Å². The van der Waals surface area contributed by atoms with Crippen molar-refractivity contribution in [3.8, 4) is 0 Å². The molecule has 3 nitrogen and oxygen atoms in total. The van der Waals surface area contributed by atoms with Gasteiger partial charge in [0.05, 0.1) is 23.9 Å². The Bertz CT molecular complexity index is 302. The molecule has 1 heterocycles. The summed E-state index contributed by atoms with van der Waals surface area (Å²) in [5.41, 5.74) is -1.37. The summed E-state index contributed by atoms with van der Waals surface area (Å²) in [5, 5.41) is 10.2. The first-order valence-corrected chi connectivity index (χ1v) is 5.99. The number of hydrogen-bond acceptors (Lipinski definition) is 3. The zero-order chi connectivity index (χ0) is 14.4. The Morgan fingerprint density at radius 3 is 2.00 bits per heavy atom. The first kappa shape index (κ1) is 15.7. The Hall–Kier alpha value is -0.330. The molecule has 0 bridgehead atoms. The van der Waals surface area contributed by atoms with Crippen LogP contribution in [0.15, 0.2) is 0 Å². The van der Waals surface area contributed by atoms with Gasteiger partial charge in [-0.15, -0.1) is 0 Å². The number of alkyl halides is 3. The highest BCUT2D eigenvalue weighted by Crippen LogP contribution is 2.42. The monoisotopic (exact) mass is 269 g/mol. The van der Waals surface area contributed by atoms with Crippen LogP contribution in [-0.2, 0) is 4.74 Å². The summed E-state index contributed by atoms with van der Waals surface area (Å²) in [6.07, 6.45) is -5.00. The smallest absolute Gasteiger partial charge is 0.390 e. The predicted molar refractivity (Wildman–Crippen MR) is 62.3 cm³/mol. The molecule has 0 aliphatic carbocycles. The van der Waals surface area contributed by atoms with E-state index in [2.05, 4.69) is 0 Å². The van der Waals surface area contributed by atoms with Crippen LogP contribution in [-0.4, -0.2) is 53.6 Å². The van der Waals surface area contributed by atoms with Gasteiger partial charge in [0.2, 0.25) is 0 Å². The van der Waals surface area contributed by atoms with E-state index in [1.807, 2.05) is 0 Å². The molecule has 0 spiro atoms. The van der Waals surface area contributed by atoms with Gasteiger partial charge >= 0.3 is 6.18 Å². The molecular weight excluding hydrogens is 247 g/mol. The van der Waals surface area contributed by atoms with Gasteiger partial charge in [0.25, 0.3) is 0 Å². The van der Waals surface area contributed by atoms with Gasteiger partial charge in [-0.05, 0) is 34.7 Å². The van der Waals surface area contributed by atoms with Crippen LogP contribution in [0, 0.1) is 5.92 Å². The molecule has 1 fully saturated rings. The lowest BCUT2D eigenvalue weighted by Gasteiger charge is -2.31. The van der Waals surface area contributed by atoms with Gasteiger partial charge in [-0.25, -0.2) is 0 Å². The molecule has 0 amide bonds. The van der Waals surface area contributed by atoms with E-state index in [0.29, 0.717) is 0 Å². The molecule has 2 atom stereocenters. The fraction of sp³-hybridized carbons (Fsp3) is 1.00.